The van der Waals surface area contributed by atoms with E-state index >= 15 is 0 Å². The second kappa shape index (κ2) is 13.8. The summed E-state index contributed by atoms with van der Waals surface area (Å²) < 4.78 is 12.7. The smallest absolute Gasteiger partial charge is 0.137 e. The summed E-state index contributed by atoms with van der Waals surface area (Å²) in [5, 5.41) is 9.17. The predicted molar refractivity (Wildman–Crippen MR) is 251 cm³/mol. The van der Waals surface area contributed by atoms with Gasteiger partial charge in [-0.05, 0) is 124 Å². The number of benzene rings is 10. The third kappa shape index (κ3) is 5.69. The fraction of sp³-hybridized carbons (Fsp3) is 0. The van der Waals surface area contributed by atoms with Crippen molar-refractivity contribution in [1.29, 1.82) is 0 Å². The average Bonchev–Trinajstić information content (AvgIpc) is 3.87. The molecule has 0 unspecified atom stereocenters. The molecular weight excluding hydrogens is 733 g/mol. The van der Waals surface area contributed by atoms with E-state index in [0.717, 1.165) is 89.0 Å². The van der Waals surface area contributed by atoms with Crippen molar-refractivity contribution in [3.63, 3.8) is 0 Å². The molecule has 0 fully saturated rings. The van der Waals surface area contributed by atoms with E-state index in [1.165, 1.54) is 21.7 Å². The standard InChI is InChI=1S/C56H36N2O2/c1-3-13-37(14-4-1)39-15-11-18-42(31-39)58(45-28-27-38-25-26-40-32-55-52(36-51(40)50(38)34-45)48-22-8-10-24-54(48)59-55)44-20-12-19-43(33-44)57(41-16-5-2-6-17-41)46-29-30-49-47-21-7-9-23-53(47)60-56(49)35-46/h1-36H. The summed E-state index contributed by atoms with van der Waals surface area (Å²) in [5.41, 5.74) is 12.1. The van der Waals surface area contributed by atoms with Crippen LogP contribution in [0.3, 0.4) is 0 Å². The van der Waals surface area contributed by atoms with Crippen LogP contribution in [0, 0.1) is 0 Å². The fourth-order valence-electron chi connectivity index (χ4n) is 8.95. The van der Waals surface area contributed by atoms with Crippen molar-refractivity contribution in [2.24, 2.45) is 0 Å². The third-order valence-electron chi connectivity index (χ3n) is 11.8. The summed E-state index contributed by atoms with van der Waals surface area (Å²) in [4.78, 5) is 4.69. The molecule has 0 aliphatic heterocycles. The summed E-state index contributed by atoms with van der Waals surface area (Å²) in [7, 11) is 0. The monoisotopic (exact) mass is 768 g/mol. The average molecular weight is 769 g/mol. The largest absolute Gasteiger partial charge is 0.456 e. The Labute approximate surface area is 346 Å². The maximum Gasteiger partial charge on any atom is 0.137 e. The molecule has 0 radical (unpaired) electrons. The Bertz CT molecular complexity index is 3570. The van der Waals surface area contributed by atoms with E-state index in [4.69, 9.17) is 8.83 Å². The Morgan fingerprint density at radius 2 is 0.717 bits per heavy atom. The van der Waals surface area contributed by atoms with Gasteiger partial charge < -0.3 is 18.6 Å². The molecule has 0 N–H and O–H groups in total. The van der Waals surface area contributed by atoms with Gasteiger partial charge in [0, 0.05) is 61.7 Å². The van der Waals surface area contributed by atoms with Crippen molar-refractivity contribution in [2.45, 2.75) is 0 Å². The minimum absolute atomic E-state index is 0.856. The third-order valence-corrected chi connectivity index (χ3v) is 11.8. The van der Waals surface area contributed by atoms with Crippen molar-refractivity contribution in [1.82, 2.24) is 0 Å². The number of rotatable bonds is 7. The van der Waals surface area contributed by atoms with Crippen molar-refractivity contribution in [2.75, 3.05) is 9.80 Å². The van der Waals surface area contributed by atoms with E-state index in [2.05, 4.69) is 204 Å². The number of fused-ring (bicyclic) bond motifs is 9. The van der Waals surface area contributed by atoms with Crippen LogP contribution in [0.15, 0.2) is 227 Å². The molecule has 0 aliphatic rings. The van der Waals surface area contributed by atoms with Crippen LogP contribution in [0.4, 0.5) is 34.1 Å². The van der Waals surface area contributed by atoms with Crippen LogP contribution in [0.5, 0.6) is 0 Å². The number of hydrogen-bond acceptors (Lipinski definition) is 4. The van der Waals surface area contributed by atoms with Gasteiger partial charge in [-0.25, -0.2) is 0 Å². The molecule has 0 amide bonds. The van der Waals surface area contributed by atoms with E-state index < -0.39 is 0 Å². The Kier molecular flexibility index (Phi) is 7.82. The molecule has 0 saturated carbocycles. The predicted octanol–water partition coefficient (Wildman–Crippen LogP) is 16.4. The second-order valence-electron chi connectivity index (χ2n) is 15.4. The first-order chi connectivity index (χ1) is 29.7. The van der Waals surface area contributed by atoms with Gasteiger partial charge in [-0.15, -0.1) is 0 Å². The van der Waals surface area contributed by atoms with Gasteiger partial charge >= 0.3 is 0 Å². The number of furan rings is 2. The lowest BCUT2D eigenvalue weighted by atomic mass is 9.98. The molecule has 60 heavy (non-hydrogen) atoms. The summed E-state index contributed by atoms with van der Waals surface area (Å²) in [6, 6.07) is 77.6. The lowest BCUT2D eigenvalue weighted by Crippen LogP contribution is -2.13. The van der Waals surface area contributed by atoms with E-state index in [9.17, 15) is 0 Å². The maximum atomic E-state index is 6.41. The fourth-order valence-corrected chi connectivity index (χ4v) is 8.95. The molecule has 0 aliphatic carbocycles. The quantitative estimate of drug-likeness (QED) is 0.151. The number of hydrogen-bond donors (Lipinski definition) is 0. The van der Waals surface area contributed by atoms with Gasteiger partial charge in [0.15, 0.2) is 0 Å². The molecule has 0 spiro atoms. The van der Waals surface area contributed by atoms with Crippen LogP contribution < -0.4 is 9.80 Å². The van der Waals surface area contributed by atoms with Crippen LogP contribution in [0.2, 0.25) is 0 Å². The van der Waals surface area contributed by atoms with Gasteiger partial charge in [0.1, 0.15) is 22.3 Å². The van der Waals surface area contributed by atoms with Crippen LogP contribution in [0.25, 0.3) is 76.5 Å². The van der Waals surface area contributed by atoms with Gasteiger partial charge in [-0.2, -0.15) is 0 Å². The molecule has 4 heteroatoms. The SMILES string of the molecule is c1ccc(-c2cccc(N(c3cccc(N(c4ccccc4)c4ccc5c(c4)oc4ccccc45)c3)c3ccc4ccc5cc6oc7ccccc7c6cc5c4c3)c2)cc1. The molecule has 2 heterocycles. The lowest BCUT2D eigenvalue weighted by Gasteiger charge is -2.30. The van der Waals surface area contributed by atoms with Crippen molar-refractivity contribution in [3.05, 3.63) is 218 Å². The van der Waals surface area contributed by atoms with Gasteiger partial charge in [0.05, 0.1) is 0 Å². The molecule has 0 saturated heterocycles. The Hall–Kier alpha value is -8.08. The highest BCUT2D eigenvalue weighted by molar-refractivity contribution is 6.17. The maximum absolute atomic E-state index is 6.41. The molecule has 10 aromatic carbocycles. The minimum atomic E-state index is 0.856. The van der Waals surface area contributed by atoms with Gasteiger partial charge in [-0.3, -0.25) is 0 Å². The molecular formula is C56H36N2O2. The first-order valence-electron chi connectivity index (χ1n) is 20.3. The van der Waals surface area contributed by atoms with Gasteiger partial charge in [0.2, 0.25) is 0 Å². The Morgan fingerprint density at radius 1 is 0.233 bits per heavy atom. The van der Waals surface area contributed by atoms with Crippen molar-refractivity contribution in [3.8, 4) is 11.1 Å². The van der Waals surface area contributed by atoms with E-state index in [0.29, 0.717) is 0 Å². The van der Waals surface area contributed by atoms with Crippen molar-refractivity contribution >= 4 is 99.5 Å². The summed E-state index contributed by atoms with van der Waals surface area (Å²) in [6.45, 7) is 0. The van der Waals surface area contributed by atoms with Crippen LogP contribution in [-0.2, 0) is 0 Å². The molecule has 0 bridgehead atoms. The Morgan fingerprint density at radius 3 is 1.48 bits per heavy atom. The van der Waals surface area contributed by atoms with E-state index in [1.807, 2.05) is 24.3 Å². The summed E-state index contributed by atoms with van der Waals surface area (Å²) in [6.07, 6.45) is 0. The van der Waals surface area contributed by atoms with Gasteiger partial charge in [-0.1, -0.05) is 121 Å². The minimum Gasteiger partial charge on any atom is -0.456 e. The zero-order valence-electron chi connectivity index (χ0n) is 32.5. The first kappa shape index (κ1) is 34.0. The number of nitrogens with zero attached hydrogens (tertiary/aromatic N) is 2. The van der Waals surface area contributed by atoms with Gasteiger partial charge in [0.25, 0.3) is 0 Å². The molecule has 0 atom stereocenters. The van der Waals surface area contributed by atoms with E-state index in [-0.39, 0.29) is 0 Å². The summed E-state index contributed by atoms with van der Waals surface area (Å²) >= 11 is 0. The topological polar surface area (TPSA) is 32.8 Å². The first-order valence-corrected chi connectivity index (χ1v) is 20.3. The molecule has 12 aromatic rings. The van der Waals surface area contributed by atoms with Crippen LogP contribution in [-0.4, -0.2) is 0 Å². The molecule has 12 rings (SSSR count). The highest BCUT2D eigenvalue weighted by atomic mass is 16.3. The highest BCUT2D eigenvalue weighted by Crippen LogP contribution is 2.44. The zero-order valence-corrected chi connectivity index (χ0v) is 32.5. The molecule has 4 nitrogen and oxygen atoms in total. The normalized spacial score (nSPS) is 11.7. The van der Waals surface area contributed by atoms with Crippen molar-refractivity contribution < 1.29 is 8.83 Å². The molecule has 282 valence electrons. The highest BCUT2D eigenvalue weighted by Gasteiger charge is 2.20. The van der Waals surface area contributed by atoms with Crippen LogP contribution >= 0.6 is 0 Å². The molecule has 2 aromatic heterocycles. The van der Waals surface area contributed by atoms with E-state index in [1.54, 1.807) is 0 Å². The number of anilines is 6. The lowest BCUT2D eigenvalue weighted by molar-refractivity contribution is 0.669. The summed E-state index contributed by atoms with van der Waals surface area (Å²) in [5.74, 6) is 0. The van der Waals surface area contributed by atoms with Crippen LogP contribution in [0.1, 0.15) is 0 Å². The zero-order chi connectivity index (χ0) is 39.6. The number of para-hydroxylation sites is 3. The second-order valence-corrected chi connectivity index (χ2v) is 15.4. The Balaban J connectivity index is 1.06.